The fraction of sp³-hybridized carbons (Fsp3) is 0.806. The third kappa shape index (κ3) is 3.84. The number of carbonyl (C=O) groups is 2. The van der Waals surface area contributed by atoms with Crippen molar-refractivity contribution in [3.63, 3.8) is 0 Å². The molecule has 0 aromatic carbocycles. The molecule has 4 aliphatic rings. The Balaban J connectivity index is 1.56. The van der Waals surface area contributed by atoms with Gasteiger partial charge >= 0.3 is 11.9 Å². The van der Waals surface area contributed by atoms with E-state index in [1.807, 2.05) is 6.08 Å². The van der Waals surface area contributed by atoms with Crippen molar-refractivity contribution in [3.05, 3.63) is 23.8 Å². The van der Waals surface area contributed by atoms with Crippen LogP contribution < -0.4 is 0 Å². The van der Waals surface area contributed by atoms with Gasteiger partial charge in [-0.05, 0) is 123 Å². The molecule has 4 rings (SSSR count). The standard InChI is InChI=1S/C31H48O4/c1-20(2)23-11-12-25-29(6)15-13-24(21(3)9-8-10-22(4)27(33)34)28(29,5)17-18-31(25)19-30(23,31)16-14-26(32)35-7/h10,21,23-25H,1,8-9,11-19H2,2-7H3,(H,33,34)/b22-10+/t21-,23+,24-,25+,28-,29+,30?,31?/m1/s1. The van der Waals surface area contributed by atoms with E-state index in [1.165, 1.54) is 57.6 Å². The van der Waals surface area contributed by atoms with Crippen LogP contribution in [0.2, 0.25) is 0 Å². The van der Waals surface area contributed by atoms with Crippen LogP contribution in [-0.4, -0.2) is 24.2 Å². The number of fused-ring (bicyclic) bond motifs is 2. The molecule has 0 heterocycles. The van der Waals surface area contributed by atoms with Crippen molar-refractivity contribution in [3.8, 4) is 0 Å². The molecule has 0 aromatic rings. The van der Waals surface area contributed by atoms with E-state index in [2.05, 4.69) is 34.3 Å². The summed E-state index contributed by atoms with van der Waals surface area (Å²) in [5, 5.41) is 9.18. The summed E-state index contributed by atoms with van der Waals surface area (Å²) in [6.45, 7) is 15.9. The van der Waals surface area contributed by atoms with Crippen molar-refractivity contribution in [2.24, 2.45) is 45.3 Å². The lowest BCUT2D eigenvalue weighted by Gasteiger charge is -2.61. The lowest BCUT2D eigenvalue weighted by atomic mass is 9.43. The van der Waals surface area contributed by atoms with Gasteiger partial charge in [-0.1, -0.05) is 39.0 Å². The van der Waals surface area contributed by atoms with E-state index >= 15 is 0 Å². The molecule has 0 amide bonds. The lowest BCUT2D eigenvalue weighted by molar-refractivity contribution is -0.143. The molecule has 1 spiro atoms. The van der Waals surface area contributed by atoms with Gasteiger partial charge in [0.05, 0.1) is 7.11 Å². The molecule has 4 aliphatic carbocycles. The number of aliphatic carboxylic acids is 1. The second kappa shape index (κ2) is 9.06. The van der Waals surface area contributed by atoms with Crippen molar-refractivity contribution in [1.82, 2.24) is 0 Å². The van der Waals surface area contributed by atoms with E-state index < -0.39 is 5.97 Å². The number of allylic oxidation sites excluding steroid dienone is 2. The maximum absolute atomic E-state index is 12.1. The molecule has 1 N–H and O–H groups in total. The zero-order chi connectivity index (χ0) is 25.8. The summed E-state index contributed by atoms with van der Waals surface area (Å²) in [6.07, 6.45) is 14.3. The van der Waals surface area contributed by atoms with Crippen LogP contribution in [0.4, 0.5) is 0 Å². The Hall–Kier alpha value is -1.58. The number of carboxylic acid groups (broad SMARTS) is 1. The molecule has 4 saturated carbocycles. The molecule has 0 aromatic heterocycles. The highest BCUT2D eigenvalue weighted by molar-refractivity contribution is 5.85. The van der Waals surface area contributed by atoms with E-state index in [-0.39, 0.29) is 11.4 Å². The summed E-state index contributed by atoms with van der Waals surface area (Å²) in [5.74, 6) is 1.69. The third-order valence-electron chi connectivity index (χ3n) is 12.2. The van der Waals surface area contributed by atoms with Gasteiger partial charge in [0.15, 0.2) is 0 Å². The highest BCUT2D eigenvalue weighted by atomic mass is 16.5. The molecule has 0 radical (unpaired) electrons. The second-order valence-corrected chi connectivity index (χ2v) is 13.3. The second-order valence-electron chi connectivity index (χ2n) is 13.3. The van der Waals surface area contributed by atoms with Crippen molar-refractivity contribution < 1.29 is 19.4 Å². The van der Waals surface area contributed by atoms with Crippen LogP contribution in [0.5, 0.6) is 0 Å². The molecular formula is C31H48O4. The van der Waals surface area contributed by atoms with Crippen LogP contribution in [0.15, 0.2) is 23.8 Å². The van der Waals surface area contributed by atoms with Gasteiger partial charge in [-0.2, -0.15) is 0 Å². The normalized spacial score (nSPS) is 42.9. The smallest absolute Gasteiger partial charge is 0.330 e. The number of methoxy groups -OCH3 is 1. The number of hydrogen-bond donors (Lipinski definition) is 1. The number of esters is 1. The Morgan fingerprint density at radius 2 is 1.83 bits per heavy atom. The summed E-state index contributed by atoms with van der Waals surface area (Å²) in [4.78, 5) is 23.3. The monoisotopic (exact) mass is 484 g/mol. The van der Waals surface area contributed by atoms with E-state index in [4.69, 9.17) is 4.74 Å². The van der Waals surface area contributed by atoms with Crippen molar-refractivity contribution in [2.75, 3.05) is 7.11 Å². The van der Waals surface area contributed by atoms with E-state index in [0.29, 0.717) is 46.0 Å². The van der Waals surface area contributed by atoms with Gasteiger partial charge in [-0.25, -0.2) is 4.79 Å². The summed E-state index contributed by atoms with van der Waals surface area (Å²) >= 11 is 0. The Kier molecular flexibility index (Phi) is 6.86. The van der Waals surface area contributed by atoms with Gasteiger partial charge in [-0.15, -0.1) is 0 Å². The van der Waals surface area contributed by atoms with Crippen molar-refractivity contribution in [2.45, 2.75) is 105 Å². The number of carboxylic acids is 1. The molecule has 4 heteroatoms. The minimum Gasteiger partial charge on any atom is -0.478 e. The third-order valence-corrected chi connectivity index (χ3v) is 12.2. The first kappa shape index (κ1) is 26.5. The zero-order valence-corrected chi connectivity index (χ0v) is 23.0. The molecule has 4 nitrogen and oxygen atoms in total. The lowest BCUT2D eigenvalue weighted by Crippen LogP contribution is -2.54. The molecule has 0 bridgehead atoms. The SMILES string of the molecule is C=C(C)[C@@H]1CC[C@@H]2C3(CC[C@]4(C)[C@@H]([C@H](C)CC/C=C(\C)C(=O)O)CC[C@@]24C)CC13CCC(=O)OC. The number of rotatable bonds is 9. The van der Waals surface area contributed by atoms with Gasteiger partial charge < -0.3 is 9.84 Å². The fourth-order valence-corrected chi connectivity index (χ4v) is 10.2. The van der Waals surface area contributed by atoms with Gasteiger partial charge in [0.25, 0.3) is 0 Å². The zero-order valence-electron chi connectivity index (χ0n) is 23.0. The van der Waals surface area contributed by atoms with E-state index in [9.17, 15) is 14.7 Å². The van der Waals surface area contributed by atoms with Crippen LogP contribution in [0, 0.1) is 45.3 Å². The molecular weight excluding hydrogens is 436 g/mol. The van der Waals surface area contributed by atoms with E-state index in [1.54, 1.807) is 6.92 Å². The van der Waals surface area contributed by atoms with Crippen LogP contribution in [0.25, 0.3) is 0 Å². The molecule has 196 valence electrons. The highest BCUT2D eigenvalue weighted by Gasteiger charge is 2.80. The van der Waals surface area contributed by atoms with Crippen LogP contribution in [-0.2, 0) is 14.3 Å². The molecule has 4 fully saturated rings. The quantitative estimate of drug-likeness (QED) is 0.208. The van der Waals surface area contributed by atoms with Gasteiger partial charge in [0, 0.05) is 12.0 Å². The molecule has 2 unspecified atom stereocenters. The largest absolute Gasteiger partial charge is 0.478 e. The van der Waals surface area contributed by atoms with Gasteiger partial charge in [0.1, 0.15) is 0 Å². The van der Waals surface area contributed by atoms with Gasteiger partial charge in [0.2, 0.25) is 0 Å². The number of hydrogen-bond acceptors (Lipinski definition) is 3. The highest BCUT2D eigenvalue weighted by Crippen LogP contribution is 2.87. The van der Waals surface area contributed by atoms with E-state index in [0.717, 1.165) is 25.2 Å². The molecule has 35 heavy (non-hydrogen) atoms. The Bertz CT molecular complexity index is 919. The Morgan fingerprint density at radius 3 is 2.46 bits per heavy atom. The summed E-state index contributed by atoms with van der Waals surface area (Å²) in [7, 11) is 1.51. The Labute approximate surface area is 213 Å². The molecule has 8 atom stereocenters. The first-order valence-corrected chi connectivity index (χ1v) is 14.0. The van der Waals surface area contributed by atoms with Crippen LogP contribution >= 0.6 is 0 Å². The molecule has 0 aliphatic heterocycles. The number of carbonyl (C=O) groups excluding carboxylic acids is 1. The van der Waals surface area contributed by atoms with Crippen molar-refractivity contribution >= 4 is 11.9 Å². The predicted octanol–water partition coefficient (Wildman–Crippen LogP) is 7.58. The van der Waals surface area contributed by atoms with Crippen LogP contribution in [0.1, 0.15) is 105 Å². The Morgan fingerprint density at radius 1 is 1.11 bits per heavy atom. The maximum Gasteiger partial charge on any atom is 0.330 e. The van der Waals surface area contributed by atoms with Crippen LogP contribution in [0.3, 0.4) is 0 Å². The first-order chi connectivity index (χ1) is 16.4. The summed E-state index contributed by atoms with van der Waals surface area (Å²) in [5.41, 5.74) is 3.06. The summed E-state index contributed by atoms with van der Waals surface area (Å²) < 4.78 is 5.04. The topological polar surface area (TPSA) is 63.6 Å². The average Bonchev–Trinajstić information content (AvgIpc) is 3.40. The minimum atomic E-state index is -0.805. The number of ether oxygens (including phenoxy) is 1. The maximum atomic E-state index is 12.1. The fourth-order valence-electron chi connectivity index (χ4n) is 10.2. The van der Waals surface area contributed by atoms with Crippen molar-refractivity contribution in [1.29, 1.82) is 0 Å². The summed E-state index contributed by atoms with van der Waals surface area (Å²) in [6, 6.07) is 0. The average molecular weight is 485 g/mol. The molecule has 0 saturated heterocycles. The first-order valence-electron chi connectivity index (χ1n) is 14.0. The van der Waals surface area contributed by atoms with Gasteiger partial charge in [-0.3, -0.25) is 4.79 Å². The predicted molar refractivity (Wildman–Crippen MR) is 140 cm³/mol. The minimum absolute atomic E-state index is 0.0715.